The Balaban J connectivity index is 1.66. The summed E-state index contributed by atoms with van der Waals surface area (Å²) in [5.74, 6) is -1.02. The average Bonchev–Trinajstić information content (AvgIpc) is 3.33. The van der Waals surface area contributed by atoms with Crippen molar-refractivity contribution in [1.29, 1.82) is 0 Å². The second-order valence-corrected chi connectivity index (χ2v) is 8.62. The number of halogens is 3. The molecule has 4 aromatic rings. The third-order valence-electron chi connectivity index (χ3n) is 5.89. The monoisotopic (exact) mass is 433 g/mol. The van der Waals surface area contributed by atoms with E-state index in [0.29, 0.717) is 30.0 Å². The summed E-state index contributed by atoms with van der Waals surface area (Å²) in [5, 5.41) is 0. The first-order chi connectivity index (χ1) is 14.3. The molecule has 1 aliphatic rings. The number of nitrogens with zero attached hydrogens (tertiary/aromatic N) is 5. The number of alkyl halides is 3. The molecule has 3 heterocycles. The van der Waals surface area contributed by atoms with Crippen LogP contribution in [0.1, 0.15) is 37.4 Å². The summed E-state index contributed by atoms with van der Waals surface area (Å²) in [4.78, 5) is 26.5. The first-order valence-electron chi connectivity index (χ1n) is 9.67. The lowest BCUT2D eigenvalue weighted by molar-refractivity contribution is -0.182. The number of fused-ring (bicyclic) bond motifs is 2. The third kappa shape index (κ3) is 3.10. The van der Waals surface area contributed by atoms with Gasteiger partial charge in [-0.2, -0.15) is 13.2 Å². The Morgan fingerprint density at radius 1 is 1.13 bits per heavy atom. The summed E-state index contributed by atoms with van der Waals surface area (Å²) < 4.78 is 43.5. The maximum absolute atomic E-state index is 13.4. The van der Waals surface area contributed by atoms with Crippen molar-refractivity contribution in [3.8, 4) is 5.69 Å². The molecule has 30 heavy (non-hydrogen) atoms. The van der Waals surface area contributed by atoms with Gasteiger partial charge in [-0.25, -0.2) is 15.0 Å². The number of imidazole rings is 1. The minimum absolute atomic E-state index is 0.0430. The van der Waals surface area contributed by atoms with Crippen LogP contribution in [0.5, 0.6) is 0 Å². The number of thiazole rings is 1. The summed E-state index contributed by atoms with van der Waals surface area (Å²) in [7, 11) is 1.75. The van der Waals surface area contributed by atoms with Crippen molar-refractivity contribution < 1.29 is 13.2 Å². The zero-order valence-electron chi connectivity index (χ0n) is 16.1. The SMILES string of the molecule is Cn1cnc2c(=O)n(-c3ccc4ncsc4c3)c([C@H]3CC[C@@H](C(F)(F)F)CC3)nc21. The lowest BCUT2D eigenvalue weighted by Gasteiger charge is -2.30. The van der Waals surface area contributed by atoms with Crippen molar-refractivity contribution in [2.45, 2.75) is 37.8 Å². The number of hydrogen-bond acceptors (Lipinski definition) is 5. The topological polar surface area (TPSA) is 65.6 Å². The molecule has 0 atom stereocenters. The minimum Gasteiger partial charge on any atom is -0.318 e. The van der Waals surface area contributed by atoms with Crippen LogP contribution in [0, 0.1) is 5.92 Å². The summed E-state index contributed by atoms with van der Waals surface area (Å²) in [6, 6.07) is 5.50. The van der Waals surface area contributed by atoms with E-state index in [9.17, 15) is 18.0 Å². The maximum atomic E-state index is 13.4. The standard InChI is InChI=1S/C20H18F3N5OS/c1-27-9-24-16-18(27)26-17(11-2-4-12(5-3-11)20(21,22)23)28(19(16)29)13-6-7-14-15(8-13)30-10-25-14/h6-12H,2-5H2,1H3/t11-,12+. The molecule has 0 N–H and O–H groups in total. The summed E-state index contributed by atoms with van der Waals surface area (Å²) in [5.41, 5.74) is 3.58. The highest BCUT2D eigenvalue weighted by Gasteiger charge is 2.42. The largest absolute Gasteiger partial charge is 0.391 e. The first-order valence-corrected chi connectivity index (χ1v) is 10.5. The fourth-order valence-corrected chi connectivity index (χ4v) is 4.97. The molecule has 0 bridgehead atoms. The van der Waals surface area contributed by atoms with Gasteiger partial charge < -0.3 is 4.57 Å². The molecule has 0 unspecified atom stereocenters. The molecule has 1 aromatic carbocycles. The highest BCUT2D eigenvalue weighted by atomic mass is 32.1. The predicted molar refractivity (Wildman–Crippen MR) is 108 cm³/mol. The van der Waals surface area contributed by atoms with Crippen LogP contribution >= 0.6 is 11.3 Å². The Kier molecular flexibility index (Phi) is 4.42. The van der Waals surface area contributed by atoms with Crippen LogP contribution in [0.3, 0.4) is 0 Å². The van der Waals surface area contributed by atoms with Crippen molar-refractivity contribution in [3.05, 3.63) is 46.2 Å². The molecule has 0 saturated heterocycles. The van der Waals surface area contributed by atoms with E-state index in [-0.39, 0.29) is 29.8 Å². The van der Waals surface area contributed by atoms with Crippen LogP contribution in [0.2, 0.25) is 0 Å². The zero-order valence-corrected chi connectivity index (χ0v) is 16.9. The Labute approximate surface area is 173 Å². The van der Waals surface area contributed by atoms with Crippen LogP contribution < -0.4 is 5.56 Å². The molecule has 6 nitrogen and oxygen atoms in total. The summed E-state index contributed by atoms with van der Waals surface area (Å²) in [6.07, 6.45) is -1.89. The molecule has 1 saturated carbocycles. The Bertz CT molecular complexity index is 1300. The second kappa shape index (κ2) is 6.90. The fraction of sp³-hybridized carbons (Fsp3) is 0.400. The third-order valence-corrected chi connectivity index (χ3v) is 6.68. The van der Waals surface area contributed by atoms with Gasteiger partial charge in [0.2, 0.25) is 0 Å². The first kappa shape index (κ1) is 19.2. The Hall–Kier alpha value is -2.75. The molecule has 3 aromatic heterocycles. The number of aromatic nitrogens is 5. The summed E-state index contributed by atoms with van der Waals surface area (Å²) >= 11 is 1.46. The van der Waals surface area contributed by atoms with Gasteiger partial charge in [0.05, 0.1) is 33.7 Å². The van der Waals surface area contributed by atoms with E-state index in [0.717, 1.165) is 10.2 Å². The lowest BCUT2D eigenvalue weighted by Crippen LogP contribution is -2.31. The number of hydrogen-bond donors (Lipinski definition) is 0. The van der Waals surface area contributed by atoms with E-state index in [1.54, 1.807) is 23.2 Å². The quantitative estimate of drug-likeness (QED) is 0.465. The van der Waals surface area contributed by atoms with E-state index in [4.69, 9.17) is 4.98 Å². The van der Waals surface area contributed by atoms with Crippen molar-refractivity contribution in [2.75, 3.05) is 0 Å². The maximum Gasteiger partial charge on any atom is 0.391 e. The Morgan fingerprint density at radius 2 is 1.90 bits per heavy atom. The summed E-state index contributed by atoms with van der Waals surface area (Å²) in [6.45, 7) is 0. The van der Waals surface area contributed by atoms with Gasteiger partial charge in [-0.05, 0) is 43.9 Å². The van der Waals surface area contributed by atoms with Gasteiger partial charge >= 0.3 is 6.18 Å². The van der Waals surface area contributed by atoms with E-state index in [2.05, 4.69) is 9.97 Å². The van der Waals surface area contributed by atoms with Gasteiger partial charge in [0.1, 0.15) is 5.82 Å². The van der Waals surface area contributed by atoms with Crippen molar-refractivity contribution in [1.82, 2.24) is 24.1 Å². The normalized spacial score (nSPS) is 20.3. The van der Waals surface area contributed by atoms with Crippen LogP contribution in [0.4, 0.5) is 13.2 Å². The molecule has 0 spiro atoms. The van der Waals surface area contributed by atoms with E-state index in [1.807, 2.05) is 12.1 Å². The highest BCUT2D eigenvalue weighted by Crippen LogP contribution is 2.42. The molecule has 5 rings (SSSR count). The van der Waals surface area contributed by atoms with E-state index >= 15 is 0 Å². The molecule has 0 radical (unpaired) electrons. The average molecular weight is 433 g/mol. The predicted octanol–water partition coefficient (Wildman–Crippen LogP) is 4.57. The van der Waals surface area contributed by atoms with Crippen LogP contribution in [0.25, 0.3) is 27.1 Å². The van der Waals surface area contributed by atoms with E-state index in [1.165, 1.54) is 22.2 Å². The molecular formula is C20H18F3N5OS. The van der Waals surface area contributed by atoms with Gasteiger partial charge in [-0.1, -0.05) is 0 Å². The molecular weight excluding hydrogens is 415 g/mol. The number of rotatable bonds is 2. The van der Waals surface area contributed by atoms with Gasteiger partial charge in [-0.15, -0.1) is 11.3 Å². The molecule has 0 aliphatic heterocycles. The smallest absolute Gasteiger partial charge is 0.318 e. The number of aryl methyl sites for hydroxylation is 1. The van der Waals surface area contributed by atoms with E-state index < -0.39 is 12.1 Å². The van der Waals surface area contributed by atoms with Crippen molar-refractivity contribution in [2.24, 2.45) is 13.0 Å². The van der Waals surface area contributed by atoms with Crippen molar-refractivity contribution in [3.63, 3.8) is 0 Å². The molecule has 10 heteroatoms. The van der Waals surface area contributed by atoms with Crippen molar-refractivity contribution >= 4 is 32.7 Å². The van der Waals surface area contributed by atoms with Crippen LogP contribution in [0.15, 0.2) is 34.8 Å². The fourth-order valence-electron chi connectivity index (χ4n) is 4.26. The highest BCUT2D eigenvalue weighted by molar-refractivity contribution is 7.16. The zero-order chi connectivity index (χ0) is 21.0. The lowest BCUT2D eigenvalue weighted by atomic mass is 9.81. The Morgan fingerprint density at radius 3 is 2.63 bits per heavy atom. The molecule has 156 valence electrons. The molecule has 0 amide bonds. The van der Waals surface area contributed by atoms with Crippen LogP contribution in [-0.4, -0.2) is 30.3 Å². The van der Waals surface area contributed by atoms with Crippen LogP contribution in [-0.2, 0) is 7.05 Å². The van der Waals surface area contributed by atoms with Gasteiger partial charge in [0.25, 0.3) is 5.56 Å². The number of benzene rings is 1. The van der Waals surface area contributed by atoms with Gasteiger partial charge in [-0.3, -0.25) is 9.36 Å². The second-order valence-electron chi connectivity index (χ2n) is 7.73. The molecule has 1 aliphatic carbocycles. The minimum atomic E-state index is -4.18. The van der Waals surface area contributed by atoms with Gasteiger partial charge in [0, 0.05) is 13.0 Å². The molecule has 1 fully saturated rings. The van der Waals surface area contributed by atoms with Gasteiger partial charge in [0.15, 0.2) is 11.2 Å².